The average Bonchev–Trinajstić information content (AvgIpc) is 2.76. The minimum absolute atomic E-state index is 0.247. The minimum Gasteiger partial charge on any atom is -0.354 e. The van der Waals surface area contributed by atoms with Crippen LogP contribution in [0.25, 0.3) is 0 Å². The van der Waals surface area contributed by atoms with Crippen LogP contribution in [0.1, 0.15) is 16.1 Å². The van der Waals surface area contributed by atoms with Crippen LogP contribution in [0.4, 0.5) is 11.6 Å². The van der Waals surface area contributed by atoms with E-state index in [0.29, 0.717) is 5.82 Å². The minimum atomic E-state index is -0.342. The summed E-state index contributed by atoms with van der Waals surface area (Å²) in [5, 5.41) is 2.75. The van der Waals surface area contributed by atoms with Crippen LogP contribution in [0.3, 0.4) is 0 Å². The maximum absolute atomic E-state index is 12.2. The van der Waals surface area contributed by atoms with Crippen LogP contribution in [0.5, 0.6) is 0 Å². The summed E-state index contributed by atoms with van der Waals surface area (Å²) in [5.74, 6) is 0.918. The molecule has 0 unspecified atom stereocenters. The van der Waals surface area contributed by atoms with Gasteiger partial charge in [-0.05, 0) is 5.56 Å². The lowest BCUT2D eigenvalue weighted by atomic mass is 10.2. The van der Waals surface area contributed by atoms with E-state index in [-0.39, 0.29) is 11.6 Å². The summed E-state index contributed by atoms with van der Waals surface area (Å²) in [6.07, 6.45) is 5.90. The molecule has 1 fully saturated rings. The van der Waals surface area contributed by atoms with Crippen molar-refractivity contribution in [3.63, 3.8) is 0 Å². The Balaban J connectivity index is 1.35. The van der Waals surface area contributed by atoms with Crippen LogP contribution >= 0.6 is 0 Å². The average molecular weight is 375 g/mol. The zero-order valence-electron chi connectivity index (χ0n) is 15.4. The van der Waals surface area contributed by atoms with E-state index in [1.165, 1.54) is 30.5 Å². The summed E-state index contributed by atoms with van der Waals surface area (Å²) in [5.41, 5.74) is 1.57. The number of piperazine rings is 1. The molecular formula is C20H21N7O. The molecule has 0 bridgehead atoms. The van der Waals surface area contributed by atoms with Crippen molar-refractivity contribution in [2.75, 3.05) is 36.4 Å². The smallest absolute Gasteiger partial charge is 0.277 e. The Kier molecular flexibility index (Phi) is 5.48. The van der Waals surface area contributed by atoms with E-state index >= 15 is 0 Å². The highest BCUT2D eigenvalue weighted by molar-refractivity contribution is 6.02. The molecule has 1 aliphatic rings. The van der Waals surface area contributed by atoms with Gasteiger partial charge in [0.15, 0.2) is 0 Å². The number of nitrogens with zero attached hydrogens (tertiary/aromatic N) is 6. The fourth-order valence-corrected chi connectivity index (χ4v) is 3.16. The van der Waals surface area contributed by atoms with Gasteiger partial charge < -0.3 is 10.2 Å². The zero-order valence-corrected chi connectivity index (χ0v) is 15.4. The number of benzene rings is 1. The van der Waals surface area contributed by atoms with Gasteiger partial charge in [0.25, 0.3) is 5.91 Å². The number of hydrogen-bond acceptors (Lipinski definition) is 7. The van der Waals surface area contributed by atoms with Gasteiger partial charge in [-0.1, -0.05) is 30.3 Å². The quantitative estimate of drug-likeness (QED) is 0.728. The van der Waals surface area contributed by atoms with Crippen molar-refractivity contribution in [2.45, 2.75) is 6.54 Å². The Bertz CT molecular complexity index is 912. The lowest BCUT2D eigenvalue weighted by Crippen LogP contribution is -2.46. The number of amides is 1. The van der Waals surface area contributed by atoms with Crippen LogP contribution < -0.4 is 10.2 Å². The molecule has 8 heteroatoms. The molecule has 1 aliphatic heterocycles. The van der Waals surface area contributed by atoms with Crippen LogP contribution in [0.2, 0.25) is 0 Å². The zero-order chi connectivity index (χ0) is 19.2. The standard InChI is InChI=1S/C20H21N7O/c28-20(17-13-21-6-7-22-17)25-18-12-19(24-15-23-18)27-10-8-26(9-11-27)14-16-4-2-1-3-5-16/h1-7,12-13,15H,8-11,14H2,(H,23,24,25,28). The molecule has 4 rings (SSSR count). The number of carbonyl (C=O) groups excluding carboxylic acids is 1. The highest BCUT2D eigenvalue weighted by Crippen LogP contribution is 2.17. The van der Waals surface area contributed by atoms with Crippen molar-refractivity contribution in [3.05, 3.63) is 72.6 Å². The number of nitrogens with one attached hydrogen (secondary N) is 1. The molecule has 1 N–H and O–H groups in total. The molecule has 0 saturated carbocycles. The Hall–Kier alpha value is -3.39. The van der Waals surface area contributed by atoms with Crippen molar-refractivity contribution in [3.8, 4) is 0 Å². The van der Waals surface area contributed by atoms with Crippen LogP contribution in [0.15, 0.2) is 61.3 Å². The summed E-state index contributed by atoms with van der Waals surface area (Å²) in [6, 6.07) is 12.3. The van der Waals surface area contributed by atoms with E-state index in [1.807, 2.05) is 6.07 Å². The summed E-state index contributed by atoms with van der Waals surface area (Å²) in [6.45, 7) is 4.63. The Morgan fingerprint density at radius 2 is 1.82 bits per heavy atom. The van der Waals surface area contributed by atoms with Crippen molar-refractivity contribution in [1.82, 2.24) is 24.8 Å². The fourth-order valence-electron chi connectivity index (χ4n) is 3.16. The highest BCUT2D eigenvalue weighted by Gasteiger charge is 2.19. The van der Waals surface area contributed by atoms with Crippen LogP contribution in [-0.2, 0) is 6.54 Å². The van der Waals surface area contributed by atoms with Gasteiger partial charge in [0, 0.05) is 51.2 Å². The maximum Gasteiger partial charge on any atom is 0.277 e. The third kappa shape index (κ3) is 4.47. The number of aromatic nitrogens is 4. The largest absolute Gasteiger partial charge is 0.354 e. The SMILES string of the molecule is O=C(Nc1cc(N2CCN(Cc3ccccc3)CC2)ncn1)c1cnccn1. The molecule has 1 amide bonds. The molecule has 0 radical (unpaired) electrons. The first-order valence-electron chi connectivity index (χ1n) is 9.18. The molecule has 1 saturated heterocycles. The van der Waals surface area contributed by atoms with Crippen LogP contribution in [-0.4, -0.2) is 56.9 Å². The monoisotopic (exact) mass is 375 g/mol. The van der Waals surface area contributed by atoms with Crippen molar-refractivity contribution in [2.24, 2.45) is 0 Å². The molecule has 1 aromatic carbocycles. The van der Waals surface area contributed by atoms with Gasteiger partial charge in [-0.15, -0.1) is 0 Å². The summed E-state index contributed by atoms with van der Waals surface area (Å²) in [7, 11) is 0. The predicted octanol–water partition coefficient (Wildman–Crippen LogP) is 1.84. The normalized spacial score (nSPS) is 14.6. The summed E-state index contributed by atoms with van der Waals surface area (Å²) >= 11 is 0. The number of rotatable bonds is 5. The van der Waals surface area contributed by atoms with Gasteiger partial charge in [-0.3, -0.25) is 14.7 Å². The van der Waals surface area contributed by atoms with E-state index in [0.717, 1.165) is 38.5 Å². The summed E-state index contributed by atoms with van der Waals surface area (Å²) < 4.78 is 0. The lowest BCUT2D eigenvalue weighted by molar-refractivity contribution is 0.102. The predicted molar refractivity (Wildman–Crippen MR) is 106 cm³/mol. The molecule has 0 aliphatic carbocycles. The maximum atomic E-state index is 12.2. The van der Waals surface area contributed by atoms with Gasteiger partial charge in [0.2, 0.25) is 0 Å². The number of hydrogen-bond donors (Lipinski definition) is 1. The second-order valence-corrected chi connectivity index (χ2v) is 6.56. The molecule has 2 aromatic heterocycles. The van der Waals surface area contributed by atoms with Gasteiger partial charge >= 0.3 is 0 Å². The molecule has 8 nitrogen and oxygen atoms in total. The highest BCUT2D eigenvalue weighted by atomic mass is 16.1. The van der Waals surface area contributed by atoms with E-state index in [4.69, 9.17) is 0 Å². The van der Waals surface area contributed by atoms with E-state index in [1.54, 1.807) is 6.07 Å². The summed E-state index contributed by atoms with van der Waals surface area (Å²) in [4.78, 5) is 33.3. The Labute approximate surface area is 163 Å². The molecule has 28 heavy (non-hydrogen) atoms. The first-order chi connectivity index (χ1) is 13.8. The lowest BCUT2D eigenvalue weighted by Gasteiger charge is -2.35. The van der Waals surface area contributed by atoms with Gasteiger partial charge in [-0.2, -0.15) is 0 Å². The van der Waals surface area contributed by atoms with Gasteiger partial charge in [0.05, 0.1) is 6.20 Å². The third-order valence-electron chi connectivity index (χ3n) is 4.64. The van der Waals surface area contributed by atoms with Crippen molar-refractivity contribution >= 4 is 17.5 Å². The third-order valence-corrected chi connectivity index (χ3v) is 4.64. The second kappa shape index (κ2) is 8.53. The topological polar surface area (TPSA) is 87.1 Å². The van der Waals surface area contributed by atoms with Gasteiger partial charge in [0.1, 0.15) is 23.7 Å². The van der Waals surface area contributed by atoms with E-state index in [9.17, 15) is 4.79 Å². The molecule has 3 heterocycles. The fraction of sp³-hybridized carbons (Fsp3) is 0.250. The molecule has 3 aromatic rings. The molecule has 0 atom stereocenters. The molecule has 0 spiro atoms. The Morgan fingerprint density at radius 1 is 1.00 bits per heavy atom. The number of anilines is 2. The number of carbonyl (C=O) groups is 1. The molecular weight excluding hydrogens is 354 g/mol. The van der Waals surface area contributed by atoms with Crippen molar-refractivity contribution in [1.29, 1.82) is 0 Å². The first-order valence-corrected chi connectivity index (χ1v) is 9.18. The van der Waals surface area contributed by atoms with E-state index < -0.39 is 0 Å². The Morgan fingerprint density at radius 3 is 2.57 bits per heavy atom. The van der Waals surface area contributed by atoms with E-state index in [2.05, 4.69) is 59.3 Å². The second-order valence-electron chi connectivity index (χ2n) is 6.56. The van der Waals surface area contributed by atoms with Crippen LogP contribution in [0, 0.1) is 0 Å². The molecule has 142 valence electrons. The van der Waals surface area contributed by atoms with Gasteiger partial charge in [-0.25, -0.2) is 15.0 Å². The van der Waals surface area contributed by atoms with Crippen molar-refractivity contribution < 1.29 is 4.79 Å². The first kappa shape index (κ1) is 18.0.